The highest BCUT2D eigenvalue weighted by Gasteiger charge is 2.25. The van der Waals surface area contributed by atoms with Gasteiger partial charge in [-0.15, -0.1) is 0 Å². The van der Waals surface area contributed by atoms with Gasteiger partial charge in [0.1, 0.15) is 0 Å². The lowest BCUT2D eigenvalue weighted by molar-refractivity contribution is 0.361. The normalized spacial score (nSPS) is 17.6. The highest BCUT2D eigenvalue weighted by molar-refractivity contribution is 5.45. The third-order valence-electron chi connectivity index (χ3n) is 4.29. The quantitative estimate of drug-likeness (QED) is 0.804. The van der Waals surface area contributed by atoms with Gasteiger partial charge in [-0.25, -0.2) is 0 Å². The van der Waals surface area contributed by atoms with E-state index in [0.29, 0.717) is 6.04 Å². The van der Waals surface area contributed by atoms with E-state index in [1.165, 1.54) is 37.8 Å². The van der Waals surface area contributed by atoms with E-state index in [4.69, 9.17) is 0 Å². The van der Waals surface area contributed by atoms with Crippen LogP contribution in [0.2, 0.25) is 0 Å². The fourth-order valence-corrected chi connectivity index (χ4v) is 3.15. The van der Waals surface area contributed by atoms with Gasteiger partial charge in [-0.3, -0.25) is 0 Å². The Balaban J connectivity index is 1.94. The maximum Gasteiger partial charge on any atom is 0.0364 e. The molecule has 1 aliphatic carbocycles. The Bertz CT molecular complexity index is 344. The summed E-state index contributed by atoms with van der Waals surface area (Å²) >= 11 is 0. The Morgan fingerprint density at radius 1 is 1.21 bits per heavy atom. The molecule has 1 fully saturated rings. The number of nitrogens with one attached hydrogen (secondary N) is 1. The maximum absolute atomic E-state index is 3.77. The van der Waals surface area contributed by atoms with Crippen molar-refractivity contribution in [3.05, 3.63) is 30.3 Å². The third-order valence-corrected chi connectivity index (χ3v) is 4.29. The summed E-state index contributed by atoms with van der Waals surface area (Å²) in [5.74, 6) is 0.873. The van der Waals surface area contributed by atoms with Crippen LogP contribution in [0.3, 0.4) is 0 Å². The van der Waals surface area contributed by atoms with E-state index in [0.717, 1.165) is 19.0 Å². The van der Waals surface area contributed by atoms with Crippen LogP contribution in [0.1, 0.15) is 39.0 Å². The Morgan fingerprint density at radius 3 is 2.53 bits per heavy atom. The topological polar surface area (TPSA) is 15.3 Å². The summed E-state index contributed by atoms with van der Waals surface area (Å²) in [6.45, 7) is 4.51. The van der Waals surface area contributed by atoms with Crippen molar-refractivity contribution in [2.24, 2.45) is 5.92 Å². The first kappa shape index (κ1) is 14.4. The van der Waals surface area contributed by atoms with E-state index in [-0.39, 0.29) is 0 Å². The summed E-state index contributed by atoms with van der Waals surface area (Å²) in [6.07, 6.45) is 6.88. The molecule has 0 aromatic heterocycles. The average molecular weight is 260 g/mol. The van der Waals surface area contributed by atoms with Crippen molar-refractivity contribution < 1.29 is 0 Å². The van der Waals surface area contributed by atoms with Crippen molar-refractivity contribution in [2.45, 2.75) is 45.1 Å². The minimum atomic E-state index is 0.646. The van der Waals surface area contributed by atoms with E-state index in [1.807, 2.05) is 0 Å². The van der Waals surface area contributed by atoms with E-state index in [2.05, 4.69) is 54.5 Å². The SMILES string of the molecule is CCCNC(CN(C)c1ccccc1)C1CCCC1. The molecule has 0 aliphatic heterocycles. The zero-order valence-corrected chi connectivity index (χ0v) is 12.4. The van der Waals surface area contributed by atoms with Crippen molar-refractivity contribution in [1.29, 1.82) is 0 Å². The van der Waals surface area contributed by atoms with E-state index in [9.17, 15) is 0 Å². The Labute approximate surface area is 118 Å². The Kier molecular flexibility index (Phi) is 5.71. The first-order valence-corrected chi connectivity index (χ1v) is 7.81. The van der Waals surface area contributed by atoms with Crippen LogP contribution in [-0.2, 0) is 0 Å². The molecule has 2 rings (SSSR count). The molecule has 2 heteroatoms. The fourth-order valence-electron chi connectivity index (χ4n) is 3.15. The molecule has 1 N–H and O–H groups in total. The first-order chi connectivity index (χ1) is 9.31. The molecule has 0 amide bonds. The van der Waals surface area contributed by atoms with Crippen LogP contribution in [0.25, 0.3) is 0 Å². The highest BCUT2D eigenvalue weighted by Crippen LogP contribution is 2.28. The summed E-state index contributed by atoms with van der Waals surface area (Å²) in [5, 5.41) is 3.77. The summed E-state index contributed by atoms with van der Waals surface area (Å²) in [7, 11) is 2.21. The van der Waals surface area contributed by atoms with E-state index < -0.39 is 0 Å². The van der Waals surface area contributed by atoms with Crippen LogP contribution < -0.4 is 10.2 Å². The molecule has 1 atom stereocenters. The number of likely N-dealkylation sites (N-methyl/N-ethyl adjacent to an activating group) is 1. The lowest BCUT2D eigenvalue weighted by atomic mass is 9.97. The van der Waals surface area contributed by atoms with Crippen LogP contribution in [-0.4, -0.2) is 26.2 Å². The molecular formula is C17H28N2. The lowest BCUT2D eigenvalue weighted by Crippen LogP contribution is -2.44. The van der Waals surface area contributed by atoms with Gasteiger partial charge >= 0.3 is 0 Å². The van der Waals surface area contributed by atoms with Crippen LogP contribution in [0.5, 0.6) is 0 Å². The number of rotatable bonds is 7. The Hall–Kier alpha value is -1.02. The van der Waals surface area contributed by atoms with Crippen LogP contribution in [0, 0.1) is 5.92 Å². The molecule has 106 valence electrons. The number of hydrogen-bond donors (Lipinski definition) is 1. The molecule has 1 unspecified atom stereocenters. The number of para-hydroxylation sites is 1. The molecule has 1 saturated carbocycles. The summed E-state index contributed by atoms with van der Waals surface area (Å²) < 4.78 is 0. The zero-order valence-electron chi connectivity index (χ0n) is 12.4. The van der Waals surface area contributed by atoms with Gasteiger partial charge in [-0.05, 0) is 43.9 Å². The lowest BCUT2D eigenvalue weighted by Gasteiger charge is -2.30. The van der Waals surface area contributed by atoms with Crippen molar-refractivity contribution in [3.8, 4) is 0 Å². The monoisotopic (exact) mass is 260 g/mol. The first-order valence-electron chi connectivity index (χ1n) is 7.81. The molecule has 1 aliphatic rings. The highest BCUT2D eigenvalue weighted by atomic mass is 15.1. The van der Waals surface area contributed by atoms with Crippen LogP contribution in [0.15, 0.2) is 30.3 Å². The van der Waals surface area contributed by atoms with E-state index >= 15 is 0 Å². The van der Waals surface area contributed by atoms with E-state index in [1.54, 1.807) is 0 Å². The van der Waals surface area contributed by atoms with Gasteiger partial charge in [0, 0.05) is 25.3 Å². The average Bonchev–Trinajstić information content (AvgIpc) is 2.98. The number of hydrogen-bond acceptors (Lipinski definition) is 2. The minimum Gasteiger partial charge on any atom is -0.373 e. The second-order valence-corrected chi connectivity index (χ2v) is 5.82. The summed E-state index contributed by atoms with van der Waals surface area (Å²) in [4.78, 5) is 2.39. The van der Waals surface area contributed by atoms with Gasteiger partial charge in [-0.2, -0.15) is 0 Å². The van der Waals surface area contributed by atoms with Crippen LogP contribution in [0.4, 0.5) is 5.69 Å². The molecule has 0 bridgehead atoms. The molecular weight excluding hydrogens is 232 g/mol. The molecule has 2 nitrogen and oxygen atoms in total. The largest absolute Gasteiger partial charge is 0.373 e. The number of anilines is 1. The van der Waals surface area contributed by atoms with Crippen molar-refractivity contribution in [2.75, 3.05) is 25.0 Å². The minimum absolute atomic E-state index is 0.646. The smallest absolute Gasteiger partial charge is 0.0364 e. The molecule has 1 aromatic carbocycles. The van der Waals surface area contributed by atoms with Gasteiger partial charge in [0.2, 0.25) is 0 Å². The summed E-state index contributed by atoms with van der Waals surface area (Å²) in [5.41, 5.74) is 1.32. The van der Waals surface area contributed by atoms with Gasteiger partial charge in [0.25, 0.3) is 0 Å². The maximum atomic E-state index is 3.77. The molecule has 1 aromatic rings. The standard InChI is InChI=1S/C17H28N2/c1-3-13-18-17(15-9-7-8-10-15)14-19(2)16-11-5-4-6-12-16/h4-6,11-12,15,17-18H,3,7-10,13-14H2,1-2H3. The van der Waals surface area contributed by atoms with Gasteiger partial charge in [0.15, 0.2) is 0 Å². The number of benzene rings is 1. The fraction of sp³-hybridized carbons (Fsp3) is 0.647. The predicted octanol–water partition coefficient (Wildman–Crippen LogP) is 3.68. The number of nitrogens with zero attached hydrogens (tertiary/aromatic N) is 1. The van der Waals surface area contributed by atoms with Crippen molar-refractivity contribution in [3.63, 3.8) is 0 Å². The van der Waals surface area contributed by atoms with Crippen molar-refractivity contribution >= 4 is 5.69 Å². The molecule has 0 saturated heterocycles. The molecule has 0 radical (unpaired) electrons. The van der Waals surface area contributed by atoms with Gasteiger partial charge < -0.3 is 10.2 Å². The molecule has 0 heterocycles. The third kappa shape index (κ3) is 4.24. The second-order valence-electron chi connectivity index (χ2n) is 5.82. The van der Waals surface area contributed by atoms with Gasteiger partial charge in [0.05, 0.1) is 0 Å². The molecule has 19 heavy (non-hydrogen) atoms. The van der Waals surface area contributed by atoms with Crippen molar-refractivity contribution in [1.82, 2.24) is 5.32 Å². The second kappa shape index (κ2) is 7.54. The Morgan fingerprint density at radius 2 is 1.89 bits per heavy atom. The van der Waals surface area contributed by atoms with Crippen LogP contribution >= 0.6 is 0 Å². The summed E-state index contributed by atoms with van der Waals surface area (Å²) in [6, 6.07) is 11.4. The van der Waals surface area contributed by atoms with Gasteiger partial charge in [-0.1, -0.05) is 38.0 Å². The zero-order chi connectivity index (χ0) is 13.5. The predicted molar refractivity (Wildman–Crippen MR) is 83.8 cm³/mol. The molecule has 0 spiro atoms.